The molecule has 0 atom stereocenters. The quantitative estimate of drug-likeness (QED) is 0.903. The largest absolute Gasteiger partial charge is 0.283 e. The van der Waals surface area contributed by atoms with Crippen molar-refractivity contribution >= 4 is 31.6 Å². The lowest BCUT2D eigenvalue weighted by atomic mass is 10.2. The van der Waals surface area contributed by atoms with Crippen molar-refractivity contribution in [2.45, 2.75) is 12.7 Å². The first-order valence-corrected chi connectivity index (χ1v) is 8.31. The van der Waals surface area contributed by atoms with Gasteiger partial charge in [0.1, 0.15) is 5.82 Å². The number of hydrogen-bond donors (Lipinski definition) is 1. The van der Waals surface area contributed by atoms with Gasteiger partial charge in [-0.1, -0.05) is 28.1 Å². The van der Waals surface area contributed by atoms with Crippen LogP contribution in [0.25, 0.3) is 0 Å². The summed E-state index contributed by atoms with van der Waals surface area (Å²) in [7, 11) is -3.53. The van der Waals surface area contributed by atoms with Crippen molar-refractivity contribution in [3.8, 4) is 0 Å². The molecule has 0 spiro atoms. The molecule has 0 unspecified atom stereocenters. The van der Waals surface area contributed by atoms with Gasteiger partial charge in [-0.25, -0.2) is 12.8 Å². The molecule has 0 heterocycles. The number of rotatable bonds is 4. The van der Waals surface area contributed by atoms with Gasteiger partial charge in [0.15, 0.2) is 0 Å². The predicted molar refractivity (Wildman–Crippen MR) is 81.5 cm³/mol. The minimum Gasteiger partial charge on any atom is -0.283 e. The zero-order valence-electron chi connectivity index (χ0n) is 10.7. The van der Waals surface area contributed by atoms with E-state index in [-0.39, 0.29) is 11.6 Å². The van der Waals surface area contributed by atoms with Crippen molar-refractivity contribution in [2.24, 2.45) is 0 Å². The molecule has 0 bridgehead atoms. The van der Waals surface area contributed by atoms with Crippen LogP contribution in [0.15, 0.2) is 46.9 Å². The topological polar surface area (TPSA) is 46.2 Å². The fraction of sp³-hybridized carbons (Fsp3) is 0.143. The van der Waals surface area contributed by atoms with E-state index in [2.05, 4.69) is 20.7 Å². The van der Waals surface area contributed by atoms with Crippen molar-refractivity contribution < 1.29 is 12.8 Å². The van der Waals surface area contributed by atoms with Gasteiger partial charge in [-0.05, 0) is 48.4 Å². The first kappa shape index (κ1) is 15.0. The molecule has 1 N–H and O–H groups in total. The Kier molecular flexibility index (Phi) is 4.45. The van der Waals surface area contributed by atoms with Crippen molar-refractivity contribution in [2.75, 3.05) is 4.72 Å². The van der Waals surface area contributed by atoms with Gasteiger partial charge in [0.2, 0.25) is 10.0 Å². The van der Waals surface area contributed by atoms with E-state index in [9.17, 15) is 12.8 Å². The zero-order valence-corrected chi connectivity index (χ0v) is 13.1. The summed E-state index contributed by atoms with van der Waals surface area (Å²) in [5, 5.41) is 0. The SMILES string of the molecule is Cc1cc(Br)cc(NS(=O)(=O)Cc2ccc(F)cc2)c1. The molecular formula is C14H13BrFNO2S. The maximum Gasteiger partial charge on any atom is 0.236 e. The highest BCUT2D eigenvalue weighted by molar-refractivity contribution is 9.10. The van der Waals surface area contributed by atoms with Crippen LogP contribution >= 0.6 is 15.9 Å². The average Bonchev–Trinajstić information content (AvgIpc) is 2.29. The molecule has 0 saturated heterocycles. The number of hydrogen-bond acceptors (Lipinski definition) is 2. The third-order valence-corrected chi connectivity index (χ3v) is 4.30. The molecule has 2 rings (SSSR count). The Bertz CT molecular complexity index is 694. The molecule has 0 saturated carbocycles. The van der Waals surface area contributed by atoms with Crippen molar-refractivity contribution in [3.05, 3.63) is 63.9 Å². The van der Waals surface area contributed by atoms with Crippen LogP contribution in [0.5, 0.6) is 0 Å². The standard InChI is InChI=1S/C14H13BrFNO2S/c1-10-6-12(15)8-14(7-10)17-20(18,19)9-11-2-4-13(16)5-3-11/h2-8,17H,9H2,1H3. The fourth-order valence-corrected chi connectivity index (χ4v) is 3.60. The summed E-state index contributed by atoms with van der Waals surface area (Å²) in [4.78, 5) is 0. The van der Waals surface area contributed by atoms with Crippen molar-refractivity contribution in [1.82, 2.24) is 0 Å². The van der Waals surface area contributed by atoms with Gasteiger partial charge in [-0.15, -0.1) is 0 Å². The third kappa shape index (κ3) is 4.31. The second kappa shape index (κ2) is 5.93. The Morgan fingerprint density at radius 3 is 2.40 bits per heavy atom. The molecule has 20 heavy (non-hydrogen) atoms. The monoisotopic (exact) mass is 357 g/mol. The molecule has 0 fully saturated rings. The van der Waals surface area contributed by atoms with E-state index >= 15 is 0 Å². The molecule has 2 aromatic rings. The van der Waals surface area contributed by atoms with Gasteiger partial charge in [-0.2, -0.15) is 0 Å². The maximum absolute atomic E-state index is 12.8. The molecule has 0 amide bonds. The highest BCUT2D eigenvalue weighted by atomic mass is 79.9. The minimum atomic E-state index is -3.53. The van der Waals surface area contributed by atoms with Crippen LogP contribution in [0.4, 0.5) is 10.1 Å². The van der Waals surface area contributed by atoms with Crippen LogP contribution in [-0.4, -0.2) is 8.42 Å². The Hall–Kier alpha value is -1.40. The van der Waals surface area contributed by atoms with E-state index in [1.54, 1.807) is 12.1 Å². The van der Waals surface area contributed by atoms with Crippen LogP contribution in [0.1, 0.15) is 11.1 Å². The lowest BCUT2D eigenvalue weighted by molar-refractivity contribution is 0.600. The maximum atomic E-state index is 12.8. The highest BCUT2D eigenvalue weighted by Crippen LogP contribution is 2.21. The van der Waals surface area contributed by atoms with Gasteiger partial charge < -0.3 is 0 Å². The number of sulfonamides is 1. The first-order valence-electron chi connectivity index (χ1n) is 5.86. The lowest BCUT2D eigenvalue weighted by Gasteiger charge is -2.09. The molecule has 0 aliphatic carbocycles. The number of anilines is 1. The summed E-state index contributed by atoms with van der Waals surface area (Å²) in [6.45, 7) is 1.88. The van der Waals surface area contributed by atoms with Crippen LogP contribution in [0.2, 0.25) is 0 Å². The highest BCUT2D eigenvalue weighted by Gasteiger charge is 2.12. The molecule has 0 aliphatic rings. The van der Waals surface area contributed by atoms with E-state index in [4.69, 9.17) is 0 Å². The van der Waals surface area contributed by atoms with E-state index in [0.717, 1.165) is 10.0 Å². The van der Waals surface area contributed by atoms with Gasteiger partial charge >= 0.3 is 0 Å². The van der Waals surface area contributed by atoms with E-state index < -0.39 is 10.0 Å². The van der Waals surface area contributed by atoms with Crippen LogP contribution in [0.3, 0.4) is 0 Å². The Balaban J connectivity index is 2.16. The van der Waals surface area contributed by atoms with Gasteiger partial charge in [0.05, 0.1) is 5.75 Å². The summed E-state index contributed by atoms with van der Waals surface area (Å²) in [5.41, 5.74) is 1.98. The lowest BCUT2D eigenvalue weighted by Crippen LogP contribution is -2.15. The first-order chi connectivity index (χ1) is 9.34. The minimum absolute atomic E-state index is 0.196. The van der Waals surface area contributed by atoms with Crippen LogP contribution in [0, 0.1) is 12.7 Å². The Labute approximate surface area is 126 Å². The Morgan fingerprint density at radius 2 is 1.80 bits per heavy atom. The molecule has 0 radical (unpaired) electrons. The van der Waals surface area contributed by atoms with E-state index in [1.165, 1.54) is 24.3 Å². The zero-order chi connectivity index (χ0) is 14.8. The fourth-order valence-electron chi connectivity index (χ4n) is 1.81. The van der Waals surface area contributed by atoms with Crippen LogP contribution < -0.4 is 4.72 Å². The molecule has 0 aromatic heterocycles. The second-order valence-electron chi connectivity index (χ2n) is 4.50. The summed E-state index contributed by atoms with van der Waals surface area (Å²) in [6.07, 6.45) is 0. The number of nitrogens with one attached hydrogen (secondary N) is 1. The summed E-state index contributed by atoms with van der Waals surface area (Å²) in [6, 6.07) is 10.7. The normalized spacial score (nSPS) is 11.3. The Morgan fingerprint density at radius 1 is 1.15 bits per heavy atom. The summed E-state index contributed by atoms with van der Waals surface area (Å²) in [5.74, 6) is -0.583. The van der Waals surface area contributed by atoms with Crippen molar-refractivity contribution in [3.63, 3.8) is 0 Å². The van der Waals surface area contributed by atoms with Crippen LogP contribution in [-0.2, 0) is 15.8 Å². The smallest absolute Gasteiger partial charge is 0.236 e. The molecule has 106 valence electrons. The molecule has 6 heteroatoms. The number of aryl methyl sites for hydroxylation is 1. The predicted octanol–water partition coefficient (Wildman–Crippen LogP) is 3.84. The summed E-state index contributed by atoms with van der Waals surface area (Å²) < 4.78 is 40.2. The average molecular weight is 358 g/mol. The molecule has 0 aliphatic heterocycles. The van der Waals surface area contributed by atoms with E-state index in [1.807, 2.05) is 13.0 Å². The molecule has 2 aromatic carbocycles. The molecular weight excluding hydrogens is 345 g/mol. The molecule has 3 nitrogen and oxygen atoms in total. The second-order valence-corrected chi connectivity index (χ2v) is 7.14. The van der Waals surface area contributed by atoms with Gasteiger partial charge in [-0.3, -0.25) is 4.72 Å². The third-order valence-electron chi connectivity index (χ3n) is 2.59. The number of benzene rings is 2. The summed E-state index contributed by atoms with van der Waals surface area (Å²) >= 11 is 3.32. The van der Waals surface area contributed by atoms with Gasteiger partial charge in [0.25, 0.3) is 0 Å². The van der Waals surface area contributed by atoms with Gasteiger partial charge in [0, 0.05) is 10.2 Å². The van der Waals surface area contributed by atoms with Crippen molar-refractivity contribution in [1.29, 1.82) is 0 Å². The van der Waals surface area contributed by atoms with E-state index in [0.29, 0.717) is 11.3 Å². The number of halogens is 2.